The van der Waals surface area contributed by atoms with Crippen molar-refractivity contribution in [3.63, 3.8) is 0 Å². The van der Waals surface area contributed by atoms with E-state index < -0.39 is 0 Å². The second-order valence-electron chi connectivity index (χ2n) is 3.80. The smallest absolute Gasteiger partial charge is 0.315 e. The lowest BCUT2D eigenvalue weighted by molar-refractivity contribution is 0.198. The van der Waals surface area contributed by atoms with Gasteiger partial charge in [-0.2, -0.15) is 11.8 Å². The molecule has 1 aromatic rings. The Morgan fingerprint density at radius 2 is 2.17 bits per heavy atom. The van der Waals surface area contributed by atoms with Crippen LogP contribution in [0.4, 0.5) is 6.01 Å². The molecule has 1 heterocycles. The van der Waals surface area contributed by atoms with Crippen molar-refractivity contribution >= 4 is 17.8 Å². The van der Waals surface area contributed by atoms with Crippen molar-refractivity contribution in [3.05, 3.63) is 5.89 Å². The minimum atomic E-state index is 0.502. The molecule has 0 bridgehead atoms. The number of hydrogen-bond acceptors (Lipinski definition) is 7. The Bertz CT molecular complexity index is 309. The molecule has 1 aromatic heterocycles. The number of hydrogen-bond donors (Lipinski definition) is 2. The van der Waals surface area contributed by atoms with E-state index in [2.05, 4.69) is 27.1 Å². The molecule has 18 heavy (non-hydrogen) atoms. The van der Waals surface area contributed by atoms with Crippen LogP contribution in [0, 0.1) is 0 Å². The van der Waals surface area contributed by atoms with E-state index in [0.29, 0.717) is 25.1 Å². The maximum atomic E-state index is 5.43. The Morgan fingerprint density at radius 1 is 1.28 bits per heavy atom. The molecule has 1 rings (SSSR count). The van der Waals surface area contributed by atoms with Crippen LogP contribution in [0.2, 0.25) is 0 Å². The van der Waals surface area contributed by atoms with Crippen LogP contribution < -0.4 is 10.6 Å². The molecule has 0 aromatic carbocycles. The summed E-state index contributed by atoms with van der Waals surface area (Å²) in [4.78, 5) is 0. The Hall–Kier alpha value is -0.790. The SMILES string of the molecule is COCCNCc1nnc(NCCCCSC)o1. The third-order valence-electron chi connectivity index (χ3n) is 2.28. The van der Waals surface area contributed by atoms with Crippen molar-refractivity contribution in [2.75, 3.05) is 44.1 Å². The highest BCUT2D eigenvalue weighted by Crippen LogP contribution is 2.06. The zero-order chi connectivity index (χ0) is 13.1. The van der Waals surface area contributed by atoms with Gasteiger partial charge < -0.3 is 19.8 Å². The van der Waals surface area contributed by atoms with Crippen molar-refractivity contribution < 1.29 is 9.15 Å². The molecular formula is C11H22N4O2S. The standard InChI is InChI=1S/C11H22N4O2S/c1-16-7-6-12-9-10-14-15-11(17-10)13-5-3-4-8-18-2/h12H,3-9H2,1-2H3,(H,13,15). The largest absolute Gasteiger partial charge is 0.407 e. The van der Waals surface area contributed by atoms with Crippen LogP contribution in [0.15, 0.2) is 4.42 Å². The minimum Gasteiger partial charge on any atom is -0.407 e. The minimum absolute atomic E-state index is 0.502. The first-order valence-electron chi connectivity index (χ1n) is 6.11. The molecular weight excluding hydrogens is 252 g/mol. The van der Waals surface area contributed by atoms with Gasteiger partial charge >= 0.3 is 6.01 Å². The number of methoxy groups -OCH3 is 1. The summed E-state index contributed by atoms with van der Waals surface area (Å²) in [7, 11) is 1.67. The first-order chi connectivity index (χ1) is 8.86. The van der Waals surface area contributed by atoms with Gasteiger partial charge in [-0.05, 0) is 24.9 Å². The number of unbranched alkanes of at least 4 members (excludes halogenated alkanes) is 1. The summed E-state index contributed by atoms with van der Waals surface area (Å²) in [5.41, 5.74) is 0. The first-order valence-corrected chi connectivity index (χ1v) is 7.51. The Kier molecular flexibility index (Phi) is 8.62. The van der Waals surface area contributed by atoms with E-state index in [1.807, 2.05) is 11.8 Å². The number of nitrogens with zero attached hydrogens (tertiary/aromatic N) is 2. The van der Waals surface area contributed by atoms with Gasteiger partial charge in [0.25, 0.3) is 0 Å². The highest BCUT2D eigenvalue weighted by Gasteiger charge is 2.04. The second kappa shape index (κ2) is 10.2. The molecule has 0 amide bonds. The molecule has 2 N–H and O–H groups in total. The predicted octanol–water partition coefficient (Wildman–Crippen LogP) is 1.36. The third kappa shape index (κ3) is 6.83. The number of ether oxygens (including phenoxy) is 1. The van der Waals surface area contributed by atoms with Crippen LogP contribution in [0.1, 0.15) is 18.7 Å². The molecule has 7 heteroatoms. The highest BCUT2D eigenvalue weighted by atomic mass is 32.2. The fraction of sp³-hybridized carbons (Fsp3) is 0.818. The molecule has 6 nitrogen and oxygen atoms in total. The predicted molar refractivity (Wildman–Crippen MR) is 74.0 cm³/mol. The topological polar surface area (TPSA) is 72.2 Å². The molecule has 0 radical (unpaired) electrons. The van der Waals surface area contributed by atoms with Crippen molar-refractivity contribution in [1.82, 2.24) is 15.5 Å². The highest BCUT2D eigenvalue weighted by molar-refractivity contribution is 7.98. The molecule has 104 valence electrons. The van der Waals surface area contributed by atoms with E-state index in [0.717, 1.165) is 19.5 Å². The van der Waals surface area contributed by atoms with E-state index in [9.17, 15) is 0 Å². The lowest BCUT2D eigenvalue weighted by Crippen LogP contribution is -2.18. The van der Waals surface area contributed by atoms with Gasteiger partial charge in [-0.1, -0.05) is 5.10 Å². The monoisotopic (exact) mass is 274 g/mol. The average molecular weight is 274 g/mol. The maximum Gasteiger partial charge on any atom is 0.315 e. The zero-order valence-corrected chi connectivity index (χ0v) is 11.9. The molecule has 0 aliphatic heterocycles. The number of aromatic nitrogens is 2. The summed E-state index contributed by atoms with van der Waals surface area (Å²) in [6.45, 7) is 2.90. The normalized spacial score (nSPS) is 10.8. The number of nitrogens with one attached hydrogen (secondary N) is 2. The van der Waals surface area contributed by atoms with Crippen molar-refractivity contribution in [2.45, 2.75) is 19.4 Å². The summed E-state index contributed by atoms with van der Waals surface area (Å²) in [5, 5.41) is 14.1. The lowest BCUT2D eigenvalue weighted by Gasteiger charge is -2.00. The van der Waals surface area contributed by atoms with Gasteiger partial charge in [-0.3, -0.25) is 0 Å². The van der Waals surface area contributed by atoms with Crippen molar-refractivity contribution in [2.24, 2.45) is 0 Å². The average Bonchev–Trinajstić information content (AvgIpc) is 2.82. The van der Waals surface area contributed by atoms with E-state index in [4.69, 9.17) is 9.15 Å². The summed E-state index contributed by atoms with van der Waals surface area (Å²) < 4.78 is 10.4. The van der Waals surface area contributed by atoms with Crippen LogP contribution in [0.25, 0.3) is 0 Å². The molecule has 0 saturated heterocycles. The van der Waals surface area contributed by atoms with Crippen LogP contribution in [0.3, 0.4) is 0 Å². The van der Waals surface area contributed by atoms with Crippen LogP contribution in [-0.2, 0) is 11.3 Å². The molecule has 0 aliphatic rings. The summed E-state index contributed by atoms with van der Waals surface area (Å²) in [6.07, 6.45) is 4.44. The molecule has 0 aliphatic carbocycles. The second-order valence-corrected chi connectivity index (χ2v) is 4.78. The lowest BCUT2D eigenvalue weighted by atomic mass is 10.3. The quantitative estimate of drug-likeness (QED) is 0.590. The van der Waals surface area contributed by atoms with Crippen LogP contribution >= 0.6 is 11.8 Å². The number of anilines is 1. The maximum absolute atomic E-state index is 5.43. The van der Waals surface area contributed by atoms with Gasteiger partial charge in [0, 0.05) is 20.2 Å². The van der Waals surface area contributed by atoms with Crippen molar-refractivity contribution in [3.8, 4) is 0 Å². The zero-order valence-electron chi connectivity index (χ0n) is 11.1. The number of thioether (sulfide) groups is 1. The van der Waals surface area contributed by atoms with Crippen LogP contribution in [0.5, 0.6) is 0 Å². The molecule has 0 atom stereocenters. The van der Waals surface area contributed by atoms with Crippen LogP contribution in [-0.4, -0.2) is 49.0 Å². The summed E-state index contributed by atoms with van der Waals surface area (Å²) in [5.74, 6) is 1.79. The van der Waals surface area contributed by atoms with Gasteiger partial charge in [0.05, 0.1) is 13.2 Å². The number of rotatable bonds is 11. The molecule has 0 saturated carbocycles. The molecule has 0 spiro atoms. The van der Waals surface area contributed by atoms with E-state index >= 15 is 0 Å². The van der Waals surface area contributed by atoms with Gasteiger partial charge in [0.2, 0.25) is 5.89 Å². The first kappa shape index (κ1) is 15.3. The fourth-order valence-corrected chi connectivity index (χ4v) is 1.83. The fourth-order valence-electron chi connectivity index (χ4n) is 1.33. The van der Waals surface area contributed by atoms with Gasteiger partial charge in [-0.15, -0.1) is 5.10 Å². The van der Waals surface area contributed by atoms with Gasteiger partial charge in [0.1, 0.15) is 0 Å². The Morgan fingerprint density at radius 3 is 2.94 bits per heavy atom. The Balaban J connectivity index is 2.10. The summed E-state index contributed by atoms with van der Waals surface area (Å²) >= 11 is 1.87. The Labute approximate surface area is 112 Å². The summed E-state index contributed by atoms with van der Waals surface area (Å²) in [6, 6.07) is 0.502. The molecule has 0 unspecified atom stereocenters. The third-order valence-corrected chi connectivity index (χ3v) is 2.97. The molecule has 0 fully saturated rings. The van der Waals surface area contributed by atoms with Gasteiger partial charge in [0.15, 0.2) is 0 Å². The van der Waals surface area contributed by atoms with E-state index in [1.54, 1.807) is 7.11 Å². The van der Waals surface area contributed by atoms with E-state index in [-0.39, 0.29) is 0 Å². The van der Waals surface area contributed by atoms with Crippen molar-refractivity contribution in [1.29, 1.82) is 0 Å². The van der Waals surface area contributed by atoms with Gasteiger partial charge in [-0.25, -0.2) is 0 Å². The van der Waals surface area contributed by atoms with E-state index in [1.165, 1.54) is 12.2 Å².